The Labute approximate surface area is 247 Å². The van der Waals surface area contributed by atoms with Gasteiger partial charge in [0.1, 0.15) is 17.1 Å². The van der Waals surface area contributed by atoms with Crippen molar-refractivity contribution in [2.24, 2.45) is 17.3 Å². The van der Waals surface area contributed by atoms with Crippen LogP contribution in [0.4, 0.5) is 0 Å². The van der Waals surface area contributed by atoms with Crippen molar-refractivity contribution in [1.29, 1.82) is 0 Å². The van der Waals surface area contributed by atoms with E-state index in [4.69, 9.17) is 4.74 Å². The van der Waals surface area contributed by atoms with E-state index >= 15 is 0 Å². The molecule has 3 aliphatic carbocycles. The van der Waals surface area contributed by atoms with E-state index in [0.717, 1.165) is 49.3 Å². The summed E-state index contributed by atoms with van der Waals surface area (Å²) in [6.07, 6.45) is 11.2. The number of carbonyl (C=O) groups is 1. The highest BCUT2D eigenvalue weighted by Gasteiger charge is 2.59. The van der Waals surface area contributed by atoms with Crippen molar-refractivity contribution in [3.63, 3.8) is 0 Å². The lowest BCUT2D eigenvalue weighted by Crippen LogP contribution is -2.45. The second kappa shape index (κ2) is 12.6. The van der Waals surface area contributed by atoms with Crippen LogP contribution in [0, 0.1) is 17.3 Å². The number of Topliss-reactive ketones (excluding diaryl/α,β-unsaturated/α-hetero) is 1. The summed E-state index contributed by atoms with van der Waals surface area (Å²) in [6, 6.07) is 15.2. The summed E-state index contributed by atoms with van der Waals surface area (Å²) in [5, 5.41) is 9.42. The minimum Gasteiger partial charge on any atom is -0.489 e. The highest BCUT2D eigenvalue weighted by atomic mass is 32.2. The molecule has 0 radical (unpaired) electrons. The quantitative estimate of drug-likeness (QED) is 0.277. The van der Waals surface area contributed by atoms with E-state index in [1.165, 1.54) is 31.2 Å². The highest BCUT2D eigenvalue weighted by Crippen LogP contribution is 2.57. The first-order valence-corrected chi connectivity index (χ1v) is 17.4. The summed E-state index contributed by atoms with van der Waals surface area (Å²) in [5.41, 5.74) is 2.17. The molecule has 5 atom stereocenters. The Balaban J connectivity index is 1.31. The van der Waals surface area contributed by atoms with Crippen molar-refractivity contribution >= 4 is 15.6 Å². The molecule has 1 N–H and O–H groups in total. The fourth-order valence-electron chi connectivity index (χ4n) is 7.76. The van der Waals surface area contributed by atoms with Crippen molar-refractivity contribution < 1.29 is 23.1 Å². The van der Waals surface area contributed by atoms with Gasteiger partial charge in [-0.25, -0.2) is 8.42 Å². The van der Waals surface area contributed by atoms with Crippen LogP contribution in [0.1, 0.15) is 114 Å². The van der Waals surface area contributed by atoms with Gasteiger partial charge in [0.15, 0.2) is 15.6 Å². The SMILES string of the molecule is CCCC1CCCC2(CC1)CCC(C(=O)CCCO)(S(=O)(=O)c1ccc(COc3ccc(C4CC4C)cc3)cc1)C2. The van der Waals surface area contributed by atoms with Gasteiger partial charge in [0.05, 0.1) is 4.90 Å². The average Bonchev–Trinajstić information content (AvgIpc) is 3.63. The molecule has 5 rings (SSSR count). The molecule has 3 fully saturated rings. The third-order valence-corrected chi connectivity index (χ3v) is 13.0. The zero-order valence-corrected chi connectivity index (χ0v) is 25.8. The van der Waals surface area contributed by atoms with Gasteiger partial charge in [-0.2, -0.15) is 0 Å². The third-order valence-electron chi connectivity index (χ3n) is 10.5. The Kier molecular flexibility index (Phi) is 9.30. The minimum atomic E-state index is -3.91. The number of rotatable bonds is 12. The molecule has 0 saturated heterocycles. The van der Waals surface area contributed by atoms with Crippen LogP contribution in [0.25, 0.3) is 0 Å². The van der Waals surface area contributed by atoms with Crippen molar-refractivity contribution in [3.8, 4) is 5.75 Å². The Morgan fingerprint density at radius 2 is 1.73 bits per heavy atom. The van der Waals surface area contributed by atoms with Gasteiger partial charge in [0.25, 0.3) is 0 Å². The first-order chi connectivity index (χ1) is 19.7. The standard InChI is InChI=1S/C35H48O5S/c1-3-6-27-7-4-18-34(19-17-27)20-21-35(25-34,33(37)8-5-22-36)41(38,39)31-15-9-28(10-16-31)24-40-30-13-11-29(12-14-30)32-23-26(32)2/h9-16,26-27,32,36H,3-8,17-25H2,1-2H3. The zero-order valence-electron chi connectivity index (χ0n) is 24.9. The number of ketones is 1. The molecule has 5 nitrogen and oxygen atoms in total. The second-order valence-electron chi connectivity index (χ2n) is 13.3. The fraction of sp³-hybridized carbons (Fsp3) is 0.629. The van der Waals surface area contributed by atoms with Gasteiger partial charge < -0.3 is 9.84 Å². The van der Waals surface area contributed by atoms with E-state index in [9.17, 15) is 18.3 Å². The predicted octanol–water partition coefficient (Wildman–Crippen LogP) is 7.79. The van der Waals surface area contributed by atoms with Crippen LogP contribution in [0.5, 0.6) is 5.75 Å². The molecule has 0 amide bonds. The highest BCUT2D eigenvalue weighted by molar-refractivity contribution is 7.93. The second-order valence-corrected chi connectivity index (χ2v) is 15.6. The fourth-order valence-corrected chi connectivity index (χ4v) is 9.97. The summed E-state index contributed by atoms with van der Waals surface area (Å²) in [5.74, 6) is 2.74. The average molecular weight is 581 g/mol. The van der Waals surface area contributed by atoms with E-state index in [-0.39, 0.29) is 29.1 Å². The van der Waals surface area contributed by atoms with Gasteiger partial charge in [-0.15, -0.1) is 0 Å². The van der Waals surface area contributed by atoms with Gasteiger partial charge in [-0.1, -0.05) is 63.8 Å². The van der Waals surface area contributed by atoms with Gasteiger partial charge in [-0.3, -0.25) is 4.79 Å². The number of hydrogen-bond acceptors (Lipinski definition) is 5. The molecule has 3 aliphatic rings. The van der Waals surface area contributed by atoms with E-state index in [2.05, 4.69) is 26.0 Å². The lowest BCUT2D eigenvalue weighted by molar-refractivity contribution is -0.122. The van der Waals surface area contributed by atoms with Crippen molar-refractivity contribution in [2.75, 3.05) is 6.61 Å². The summed E-state index contributed by atoms with van der Waals surface area (Å²) in [4.78, 5) is 13.9. The molecule has 5 unspecified atom stereocenters. The largest absolute Gasteiger partial charge is 0.489 e. The molecular weight excluding hydrogens is 532 g/mol. The number of sulfone groups is 1. The van der Waals surface area contributed by atoms with Crippen LogP contribution < -0.4 is 4.74 Å². The first-order valence-electron chi connectivity index (χ1n) is 15.9. The Hall–Kier alpha value is -2.18. The molecule has 224 valence electrons. The van der Waals surface area contributed by atoms with Crippen LogP contribution in [0.15, 0.2) is 53.4 Å². The molecule has 6 heteroatoms. The van der Waals surface area contributed by atoms with E-state index in [1.807, 2.05) is 24.3 Å². The molecule has 0 aliphatic heterocycles. The summed E-state index contributed by atoms with van der Waals surface area (Å²) in [7, 11) is -3.91. The molecule has 1 spiro atoms. The van der Waals surface area contributed by atoms with Crippen LogP contribution >= 0.6 is 0 Å². The topological polar surface area (TPSA) is 80.7 Å². The molecule has 41 heavy (non-hydrogen) atoms. The number of ether oxygens (including phenoxy) is 1. The summed E-state index contributed by atoms with van der Waals surface area (Å²) >= 11 is 0. The Morgan fingerprint density at radius 1 is 1.00 bits per heavy atom. The summed E-state index contributed by atoms with van der Waals surface area (Å²) in [6.45, 7) is 4.75. The maximum atomic E-state index is 14.3. The Bertz CT molecular complexity index is 1280. The van der Waals surface area contributed by atoms with Crippen LogP contribution in [-0.2, 0) is 21.2 Å². The van der Waals surface area contributed by atoms with Gasteiger partial charge in [-0.05, 0) is 110 Å². The third kappa shape index (κ3) is 6.44. The zero-order chi connectivity index (χ0) is 29.1. The minimum absolute atomic E-state index is 0.0781. The lowest BCUT2D eigenvalue weighted by Gasteiger charge is -2.33. The predicted molar refractivity (Wildman–Crippen MR) is 163 cm³/mol. The van der Waals surface area contributed by atoms with Crippen molar-refractivity contribution in [2.45, 2.75) is 119 Å². The maximum absolute atomic E-state index is 14.3. The lowest BCUT2D eigenvalue weighted by atomic mass is 9.77. The van der Waals surface area contributed by atoms with Crippen LogP contribution in [0.3, 0.4) is 0 Å². The van der Waals surface area contributed by atoms with Crippen LogP contribution in [-0.4, -0.2) is 30.7 Å². The normalized spacial score (nSPS) is 29.8. The molecular formula is C35H48O5S. The number of hydrogen-bond donors (Lipinski definition) is 1. The monoisotopic (exact) mass is 580 g/mol. The molecule has 0 bridgehead atoms. The smallest absolute Gasteiger partial charge is 0.191 e. The van der Waals surface area contributed by atoms with Crippen LogP contribution in [0.2, 0.25) is 0 Å². The maximum Gasteiger partial charge on any atom is 0.191 e. The Morgan fingerprint density at radius 3 is 2.39 bits per heavy atom. The van der Waals surface area contributed by atoms with E-state index in [0.29, 0.717) is 37.7 Å². The van der Waals surface area contributed by atoms with Gasteiger partial charge in [0, 0.05) is 13.0 Å². The molecule has 2 aromatic carbocycles. The molecule has 0 aromatic heterocycles. The van der Waals surface area contributed by atoms with Gasteiger partial charge in [0.2, 0.25) is 0 Å². The number of carbonyl (C=O) groups excluding carboxylic acids is 1. The van der Waals surface area contributed by atoms with Crippen molar-refractivity contribution in [3.05, 3.63) is 59.7 Å². The first kappa shape index (κ1) is 30.3. The molecule has 2 aromatic rings. The van der Waals surface area contributed by atoms with Crippen molar-refractivity contribution in [1.82, 2.24) is 0 Å². The van der Waals surface area contributed by atoms with E-state index in [1.54, 1.807) is 12.1 Å². The number of aliphatic hydroxyl groups excluding tert-OH is 1. The van der Waals surface area contributed by atoms with E-state index < -0.39 is 14.6 Å². The number of benzene rings is 2. The molecule has 0 heterocycles. The summed E-state index contributed by atoms with van der Waals surface area (Å²) < 4.78 is 33.3. The van der Waals surface area contributed by atoms with Gasteiger partial charge >= 0.3 is 0 Å². The molecule has 3 saturated carbocycles. The number of aliphatic hydroxyl groups is 1.